The van der Waals surface area contributed by atoms with Crippen LogP contribution in [0.1, 0.15) is 12.5 Å². The van der Waals surface area contributed by atoms with Gasteiger partial charge in [-0.2, -0.15) is 0 Å². The standard InChI is InChI=1S/C10H12BrNO3/c1-7(12(14)15)10(13)6-8-3-2-4-9(11)5-8/h2-5,7,10,13H,6H2,1H3/t7-,10+/m0/s1. The fourth-order valence-corrected chi connectivity index (χ4v) is 1.66. The van der Waals surface area contributed by atoms with E-state index in [1.54, 1.807) is 0 Å². The molecule has 0 amide bonds. The first-order valence-corrected chi connectivity index (χ1v) is 5.36. The molecule has 1 rings (SSSR count). The lowest BCUT2D eigenvalue weighted by atomic mass is 10.0. The molecule has 0 aliphatic rings. The van der Waals surface area contributed by atoms with E-state index in [1.165, 1.54) is 6.92 Å². The van der Waals surface area contributed by atoms with Gasteiger partial charge in [-0.25, -0.2) is 0 Å². The van der Waals surface area contributed by atoms with Gasteiger partial charge in [-0.1, -0.05) is 28.1 Å². The van der Waals surface area contributed by atoms with Crippen LogP contribution in [0, 0.1) is 10.1 Å². The van der Waals surface area contributed by atoms with Crippen LogP contribution in [0.4, 0.5) is 0 Å². The molecule has 15 heavy (non-hydrogen) atoms. The molecule has 1 aromatic carbocycles. The quantitative estimate of drug-likeness (QED) is 0.674. The summed E-state index contributed by atoms with van der Waals surface area (Å²) >= 11 is 3.30. The zero-order valence-electron chi connectivity index (χ0n) is 8.26. The van der Waals surface area contributed by atoms with Crippen molar-refractivity contribution in [3.63, 3.8) is 0 Å². The molecule has 0 fully saturated rings. The summed E-state index contributed by atoms with van der Waals surface area (Å²) in [6.07, 6.45) is -0.656. The second kappa shape index (κ2) is 5.23. The van der Waals surface area contributed by atoms with E-state index < -0.39 is 17.1 Å². The number of aliphatic hydroxyl groups is 1. The molecule has 82 valence electrons. The highest BCUT2D eigenvalue weighted by Gasteiger charge is 2.24. The molecule has 4 nitrogen and oxygen atoms in total. The van der Waals surface area contributed by atoms with E-state index in [-0.39, 0.29) is 0 Å². The van der Waals surface area contributed by atoms with Gasteiger partial charge in [-0.3, -0.25) is 10.1 Å². The van der Waals surface area contributed by atoms with E-state index in [1.807, 2.05) is 24.3 Å². The Bertz CT molecular complexity index is 356. The van der Waals surface area contributed by atoms with Gasteiger partial charge < -0.3 is 5.11 Å². The summed E-state index contributed by atoms with van der Waals surface area (Å²) in [6.45, 7) is 1.41. The number of benzene rings is 1. The van der Waals surface area contributed by atoms with Crippen LogP contribution in [-0.2, 0) is 6.42 Å². The third-order valence-electron chi connectivity index (χ3n) is 2.22. The summed E-state index contributed by atoms with van der Waals surface area (Å²) < 4.78 is 0.904. The van der Waals surface area contributed by atoms with Gasteiger partial charge >= 0.3 is 0 Å². The first kappa shape index (κ1) is 12.1. The lowest BCUT2D eigenvalue weighted by Crippen LogP contribution is -2.32. The van der Waals surface area contributed by atoms with Crippen LogP contribution >= 0.6 is 15.9 Å². The van der Waals surface area contributed by atoms with Crippen molar-refractivity contribution >= 4 is 15.9 Å². The molecule has 1 N–H and O–H groups in total. The van der Waals surface area contributed by atoms with E-state index in [2.05, 4.69) is 15.9 Å². The van der Waals surface area contributed by atoms with Crippen molar-refractivity contribution in [2.75, 3.05) is 0 Å². The molecule has 0 aliphatic carbocycles. The molecule has 1 aromatic rings. The smallest absolute Gasteiger partial charge is 0.236 e. The lowest BCUT2D eigenvalue weighted by Gasteiger charge is -2.12. The van der Waals surface area contributed by atoms with Crippen molar-refractivity contribution in [2.45, 2.75) is 25.5 Å². The second-order valence-electron chi connectivity index (χ2n) is 3.43. The highest BCUT2D eigenvalue weighted by molar-refractivity contribution is 9.10. The minimum Gasteiger partial charge on any atom is -0.386 e. The zero-order chi connectivity index (χ0) is 11.4. The average molecular weight is 274 g/mol. The van der Waals surface area contributed by atoms with E-state index in [0.717, 1.165) is 10.0 Å². The van der Waals surface area contributed by atoms with Gasteiger partial charge in [0.2, 0.25) is 6.04 Å². The number of hydrogen-bond donors (Lipinski definition) is 1. The van der Waals surface area contributed by atoms with Gasteiger partial charge in [0.15, 0.2) is 0 Å². The molecule has 0 radical (unpaired) electrons. The average Bonchev–Trinajstić information content (AvgIpc) is 2.16. The van der Waals surface area contributed by atoms with Gasteiger partial charge in [0.25, 0.3) is 0 Å². The van der Waals surface area contributed by atoms with Crippen molar-refractivity contribution in [2.24, 2.45) is 0 Å². The zero-order valence-corrected chi connectivity index (χ0v) is 9.85. The minimum atomic E-state index is -0.950. The molecule has 0 aromatic heterocycles. The molecule has 0 spiro atoms. The number of halogens is 1. The van der Waals surface area contributed by atoms with E-state index >= 15 is 0 Å². The van der Waals surface area contributed by atoms with Crippen LogP contribution in [0.25, 0.3) is 0 Å². The summed E-state index contributed by atoms with van der Waals surface area (Å²) in [5.74, 6) is 0. The summed E-state index contributed by atoms with van der Waals surface area (Å²) in [6, 6.07) is 6.44. The number of nitro groups is 1. The Hall–Kier alpha value is -0.940. The van der Waals surface area contributed by atoms with Crippen LogP contribution < -0.4 is 0 Å². The Labute approximate surface area is 96.2 Å². The fourth-order valence-electron chi connectivity index (χ4n) is 1.22. The number of aliphatic hydroxyl groups excluding tert-OH is 1. The maximum absolute atomic E-state index is 10.4. The molecule has 0 saturated heterocycles. The monoisotopic (exact) mass is 273 g/mol. The molecule has 0 heterocycles. The normalized spacial score (nSPS) is 14.6. The molecule has 2 atom stereocenters. The molecule has 0 bridgehead atoms. The Morgan fingerprint density at radius 2 is 2.27 bits per heavy atom. The van der Waals surface area contributed by atoms with Crippen molar-refractivity contribution in [1.82, 2.24) is 0 Å². The number of nitrogens with zero attached hydrogens (tertiary/aromatic N) is 1. The Morgan fingerprint density at radius 3 is 2.80 bits per heavy atom. The second-order valence-corrected chi connectivity index (χ2v) is 4.34. The van der Waals surface area contributed by atoms with E-state index in [9.17, 15) is 15.2 Å². The molecule has 0 saturated carbocycles. The highest BCUT2D eigenvalue weighted by atomic mass is 79.9. The van der Waals surface area contributed by atoms with Crippen molar-refractivity contribution < 1.29 is 10.0 Å². The maximum atomic E-state index is 10.4. The van der Waals surface area contributed by atoms with Crippen LogP contribution in [0.2, 0.25) is 0 Å². The Balaban J connectivity index is 2.66. The molecule has 0 aliphatic heterocycles. The van der Waals surface area contributed by atoms with Gasteiger partial charge in [0.1, 0.15) is 6.10 Å². The largest absolute Gasteiger partial charge is 0.386 e. The Kier molecular flexibility index (Phi) is 4.23. The van der Waals surface area contributed by atoms with Crippen molar-refractivity contribution in [3.05, 3.63) is 44.4 Å². The summed E-state index contributed by atoms with van der Waals surface area (Å²) in [5, 5.41) is 20.0. The van der Waals surface area contributed by atoms with Crippen molar-refractivity contribution in [1.29, 1.82) is 0 Å². The predicted molar refractivity (Wildman–Crippen MR) is 60.3 cm³/mol. The molecule has 5 heteroatoms. The molecule has 0 unspecified atom stereocenters. The highest BCUT2D eigenvalue weighted by Crippen LogP contribution is 2.14. The van der Waals surface area contributed by atoms with Crippen LogP contribution in [0.15, 0.2) is 28.7 Å². The summed E-state index contributed by atoms with van der Waals surface area (Å²) in [7, 11) is 0. The SMILES string of the molecule is C[C@@H]([C@H](O)Cc1cccc(Br)c1)[N+](=O)[O-]. The number of hydrogen-bond acceptors (Lipinski definition) is 3. The fraction of sp³-hybridized carbons (Fsp3) is 0.400. The first-order valence-electron chi connectivity index (χ1n) is 4.56. The van der Waals surface area contributed by atoms with Crippen LogP contribution in [-0.4, -0.2) is 22.2 Å². The van der Waals surface area contributed by atoms with Gasteiger partial charge in [0.05, 0.1) is 0 Å². The molecular weight excluding hydrogens is 262 g/mol. The third-order valence-corrected chi connectivity index (χ3v) is 2.72. The van der Waals surface area contributed by atoms with Crippen molar-refractivity contribution in [3.8, 4) is 0 Å². The van der Waals surface area contributed by atoms with Crippen LogP contribution in [0.3, 0.4) is 0 Å². The van der Waals surface area contributed by atoms with E-state index in [4.69, 9.17) is 0 Å². The first-order chi connectivity index (χ1) is 7.00. The van der Waals surface area contributed by atoms with Gasteiger partial charge in [-0.05, 0) is 17.7 Å². The predicted octanol–water partition coefficient (Wildman–Crippen LogP) is 2.02. The van der Waals surface area contributed by atoms with Crippen LogP contribution in [0.5, 0.6) is 0 Å². The summed E-state index contributed by atoms with van der Waals surface area (Å²) in [5.41, 5.74) is 0.880. The maximum Gasteiger partial charge on any atom is 0.236 e. The number of rotatable bonds is 4. The third kappa shape index (κ3) is 3.60. The topological polar surface area (TPSA) is 63.4 Å². The minimum absolute atomic E-state index is 0.293. The lowest BCUT2D eigenvalue weighted by molar-refractivity contribution is -0.529. The summed E-state index contributed by atoms with van der Waals surface area (Å²) in [4.78, 5) is 9.96. The van der Waals surface area contributed by atoms with Gasteiger partial charge in [-0.15, -0.1) is 0 Å². The van der Waals surface area contributed by atoms with Gasteiger partial charge in [0, 0.05) is 22.7 Å². The molecular formula is C10H12BrNO3. The Morgan fingerprint density at radius 1 is 1.60 bits per heavy atom. The van der Waals surface area contributed by atoms with E-state index in [0.29, 0.717) is 6.42 Å².